The van der Waals surface area contributed by atoms with E-state index in [2.05, 4.69) is 24.1 Å². The predicted octanol–water partition coefficient (Wildman–Crippen LogP) is 3.09. The Bertz CT molecular complexity index is 483. The summed E-state index contributed by atoms with van der Waals surface area (Å²) in [6.45, 7) is 5.34. The summed E-state index contributed by atoms with van der Waals surface area (Å²) in [5.74, 6) is 0.249. The minimum Gasteiger partial charge on any atom is -0.325 e. The molecule has 1 saturated heterocycles. The number of nitrogens with zero attached hydrogens (tertiary/aromatic N) is 1. The fourth-order valence-corrected chi connectivity index (χ4v) is 3.66. The van der Waals surface area contributed by atoms with Gasteiger partial charge in [-0.05, 0) is 30.2 Å². The van der Waals surface area contributed by atoms with Crippen molar-refractivity contribution in [2.45, 2.75) is 51.6 Å². The Morgan fingerprint density at radius 3 is 2.70 bits per heavy atom. The lowest BCUT2D eigenvalue weighted by atomic mass is 9.74. The third kappa shape index (κ3) is 2.59. The van der Waals surface area contributed by atoms with Crippen molar-refractivity contribution in [2.24, 2.45) is 5.41 Å². The van der Waals surface area contributed by atoms with Gasteiger partial charge in [0.15, 0.2) is 0 Å². The van der Waals surface area contributed by atoms with Crippen molar-refractivity contribution in [3.8, 4) is 0 Å². The van der Waals surface area contributed by atoms with Crippen molar-refractivity contribution in [3.05, 3.63) is 35.9 Å². The molecule has 3 rings (SSSR count). The fraction of sp³-hybridized carbons (Fsp3) is 0.588. The van der Waals surface area contributed by atoms with Crippen LogP contribution in [0.5, 0.6) is 0 Å². The van der Waals surface area contributed by atoms with E-state index in [1.807, 2.05) is 30.3 Å². The molecule has 1 aliphatic heterocycles. The van der Waals surface area contributed by atoms with Crippen molar-refractivity contribution in [3.63, 3.8) is 0 Å². The SMILES string of the molecule is CC1(C)CCCC(N2CNC(c3ccccc3)C2=O)C1. The Balaban J connectivity index is 1.73. The summed E-state index contributed by atoms with van der Waals surface area (Å²) in [7, 11) is 0. The molecule has 1 N–H and O–H groups in total. The highest BCUT2D eigenvalue weighted by Gasteiger charge is 2.39. The van der Waals surface area contributed by atoms with Gasteiger partial charge >= 0.3 is 0 Å². The molecular formula is C17H24N2O. The second-order valence-corrected chi connectivity index (χ2v) is 6.93. The largest absolute Gasteiger partial charge is 0.325 e. The van der Waals surface area contributed by atoms with Gasteiger partial charge in [-0.15, -0.1) is 0 Å². The zero-order chi connectivity index (χ0) is 14.2. The van der Waals surface area contributed by atoms with Gasteiger partial charge in [-0.3, -0.25) is 10.1 Å². The third-order valence-electron chi connectivity index (χ3n) is 4.75. The Labute approximate surface area is 121 Å². The number of hydrogen-bond donors (Lipinski definition) is 1. The van der Waals surface area contributed by atoms with Crippen LogP contribution < -0.4 is 5.32 Å². The maximum atomic E-state index is 12.7. The molecule has 1 aliphatic carbocycles. The first-order valence-corrected chi connectivity index (χ1v) is 7.66. The van der Waals surface area contributed by atoms with Gasteiger partial charge in [0.1, 0.15) is 6.04 Å². The van der Waals surface area contributed by atoms with Gasteiger partial charge in [0.25, 0.3) is 0 Å². The maximum Gasteiger partial charge on any atom is 0.245 e. The van der Waals surface area contributed by atoms with E-state index in [9.17, 15) is 4.79 Å². The lowest BCUT2D eigenvalue weighted by Gasteiger charge is -2.39. The molecule has 2 unspecified atom stereocenters. The summed E-state index contributed by atoms with van der Waals surface area (Å²) in [4.78, 5) is 14.7. The van der Waals surface area contributed by atoms with Crippen molar-refractivity contribution in [1.29, 1.82) is 0 Å². The molecular weight excluding hydrogens is 248 g/mol. The second kappa shape index (κ2) is 5.21. The summed E-state index contributed by atoms with van der Waals surface area (Å²) in [6, 6.07) is 10.3. The maximum absolute atomic E-state index is 12.7. The van der Waals surface area contributed by atoms with Gasteiger partial charge in [0, 0.05) is 6.04 Å². The number of rotatable bonds is 2. The van der Waals surface area contributed by atoms with Crippen molar-refractivity contribution in [2.75, 3.05) is 6.67 Å². The smallest absolute Gasteiger partial charge is 0.245 e. The highest BCUT2D eigenvalue weighted by Crippen LogP contribution is 2.38. The van der Waals surface area contributed by atoms with E-state index >= 15 is 0 Å². The molecule has 2 atom stereocenters. The van der Waals surface area contributed by atoms with Gasteiger partial charge in [-0.1, -0.05) is 50.6 Å². The normalized spacial score (nSPS) is 29.7. The summed E-state index contributed by atoms with van der Waals surface area (Å²) in [5.41, 5.74) is 1.45. The van der Waals surface area contributed by atoms with Crippen LogP contribution in [-0.4, -0.2) is 23.5 Å². The molecule has 2 aliphatic rings. The molecule has 2 fully saturated rings. The van der Waals surface area contributed by atoms with Gasteiger partial charge in [0.05, 0.1) is 6.67 Å². The molecule has 3 nitrogen and oxygen atoms in total. The first-order valence-electron chi connectivity index (χ1n) is 7.66. The highest BCUT2D eigenvalue weighted by molar-refractivity contribution is 5.85. The van der Waals surface area contributed by atoms with Crippen LogP contribution in [0.25, 0.3) is 0 Å². The van der Waals surface area contributed by atoms with Crippen LogP contribution in [0, 0.1) is 5.41 Å². The van der Waals surface area contributed by atoms with E-state index in [0.717, 1.165) is 18.4 Å². The summed E-state index contributed by atoms with van der Waals surface area (Å²) in [6.07, 6.45) is 4.79. The predicted molar refractivity (Wildman–Crippen MR) is 80.1 cm³/mol. The topological polar surface area (TPSA) is 32.3 Å². The summed E-state index contributed by atoms with van der Waals surface area (Å²) >= 11 is 0. The number of benzene rings is 1. The first-order chi connectivity index (χ1) is 9.57. The molecule has 1 heterocycles. The number of nitrogens with one attached hydrogen (secondary N) is 1. The van der Waals surface area contributed by atoms with Crippen LogP contribution in [0.15, 0.2) is 30.3 Å². The third-order valence-corrected chi connectivity index (χ3v) is 4.75. The van der Waals surface area contributed by atoms with Crippen molar-refractivity contribution in [1.82, 2.24) is 10.2 Å². The average Bonchev–Trinajstić information content (AvgIpc) is 2.80. The number of carbonyl (C=O) groups is 1. The Morgan fingerprint density at radius 1 is 1.25 bits per heavy atom. The van der Waals surface area contributed by atoms with Crippen LogP contribution >= 0.6 is 0 Å². The average molecular weight is 272 g/mol. The van der Waals surface area contributed by atoms with Crippen LogP contribution in [0.1, 0.15) is 51.1 Å². The molecule has 20 heavy (non-hydrogen) atoms. The minimum absolute atomic E-state index is 0.152. The molecule has 1 amide bonds. The van der Waals surface area contributed by atoms with E-state index in [4.69, 9.17) is 0 Å². The second-order valence-electron chi connectivity index (χ2n) is 6.93. The summed E-state index contributed by atoms with van der Waals surface area (Å²) in [5, 5.41) is 3.37. The lowest BCUT2D eigenvalue weighted by Crippen LogP contribution is -2.42. The zero-order valence-corrected chi connectivity index (χ0v) is 12.4. The molecule has 1 saturated carbocycles. The van der Waals surface area contributed by atoms with Crippen LogP contribution in [0.3, 0.4) is 0 Å². The Hall–Kier alpha value is -1.35. The molecule has 0 aromatic heterocycles. The van der Waals surface area contributed by atoms with Gasteiger partial charge in [-0.2, -0.15) is 0 Å². The lowest BCUT2D eigenvalue weighted by molar-refractivity contribution is -0.132. The van der Waals surface area contributed by atoms with E-state index in [-0.39, 0.29) is 11.9 Å². The molecule has 1 aromatic rings. The van der Waals surface area contributed by atoms with Crippen LogP contribution in [-0.2, 0) is 4.79 Å². The molecule has 1 aromatic carbocycles. The molecule has 0 bridgehead atoms. The molecule has 0 spiro atoms. The fourth-order valence-electron chi connectivity index (χ4n) is 3.66. The Morgan fingerprint density at radius 2 is 2.00 bits per heavy atom. The van der Waals surface area contributed by atoms with Gasteiger partial charge in [-0.25, -0.2) is 0 Å². The number of amides is 1. The first kappa shape index (κ1) is 13.6. The van der Waals surface area contributed by atoms with E-state index in [1.54, 1.807) is 0 Å². The van der Waals surface area contributed by atoms with E-state index in [0.29, 0.717) is 18.1 Å². The van der Waals surface area contributed by atoms with Crippen molar-refractivity contribution < 1.29 is 4.79 Å². The van der Waals surface area contributed by atoms with Crippen LogP contribution in [0.4, 0.5) is 0 Å². The van der Waals surface area contributed by atoms with E-state index in [1.165, 1.54) is 12.8 Å². The molecule has 0 radical (unpaired) electrons. The number of carbonyl (C=O) groups excluding carboxylic acids is 1. The van der Waals surface area contributed by atoms with Gasteiger partial charge in [0.2, 0.25) is 5.91 Å². The minimum atomic E-state index is -0.152. The van der Waals surface area contributed by atoms with Crippen LogP contribution in [0.2, 0.25) is 0 Å². The highest BCUT2D eigenvalue weighted by atomic mass is 16.2. The van der Waals surface area contributed by atoms with Gasteiger partial charge < -0.3 is 4.90 Å². The monoisotopic (exact) mass is 272 g/mol. The Kier molecular flexibility index (Phi) is 3.55. The quantitative estimate of drug-likeness (QED) is 0.897. The van der Waals surface area contributed by atoms with Crippen molar-refractivity contribution >= 4 is 5.91 Å². The molecule has 108 valence electrons. The standard InChI is InChI=1S/C17H24N2O/c1-17(2)10-6-9-14(11-17)19-12-18-15(16(19)20)13-7-4-3-5-8-13/h3-5,7-8,14-15,18H,6,9-12H2,1-2H3. The molecule has 3 heteroatoms. The number of hydrogen-bond acceptors (Lipinski definition) is 2. The zero-order valence-electron chi connectivity index (χ0n) is 12.4. The van der Waals surface area contributed by atoms with E-state index < -0.39 is 0 Å². The summed E-state index contributed by atoms with van der Waals surface area (Å²) < 4.78 is 0.